The van der Waals surface area contributed by atoms with Gasteiger partial charge in [0.15, 0.2) is 0 Å². The number of benzene rings is 1. The van der Waals surface area contributed by atoms with E-state index < -0.39 is 0 Å². The van der Waals surface area contributed by atoms with Crippen LogP contribution in [0.4, 0.5) is 0 Å². The highest BCUT2D eigenvalue weighted by Crippen LogP contribution is 2.14. The van der Waals surface area contributed by atoms with E-state index >= 15 is 0 Å². The smallest absolute Gasteiger partial charge is 0.00694 e. The third kappa shape index (κ3) is 2.24. The molecule has 0 atom stereocenters. The molecular formula is C9H13NS. The average Bonchev–Trinajstić information content (AvgIpc) is 1.98. The molecule has 0 aromatic heterocycles. The van der Waals surface area contributed by atoms with Crippen molar-refractivity contribution < 1.29 is 0 Å². The van der Waals surface area contributed by atoms with E-state index in [0.717, 1.165) is 11.3 Å². The number of hydrogen-bond donors (Lipinski definition) is 2. The van der Waals surface area contributed by atoms with Crippen LogP contribution < -0.4 is 5.73 Å². The Kier molecular flexibility index (Phi) is 2.97. The van der Waals surface area contributed by atoms with E-state index in [-0.39, 0.29) is 0 Å². The predicted octanol–water partition coefficient (Wildman–Crippen LogP) is 1.78. The molecule has 0 spiro atoms. The van der Waals surface area contributed by atoms with E-state index in [1.54, 1.807) is 0 Å². The molecule has 11 heavy (non-hydrogen) atoms. The molecule has 2 N–H and O–H groups in total. The fourth-order valence-electron chi connectivity index (χ4n) is 1.04. The standard InChI is InChI=1S/C9H13NS/c1-7-6-8(4-5-10)2-3-9(7)11/h2-3,6,11H,4-5,10H2,1H3. The lowest BCUT2D eigenvalue weighted by molar-refractivity contribution is 0.963. The molecule has 1 nitrogen and oxygen atoms in total. The van der Waals surface area contributed by atoms with Crippen molar-refractivity contribution in [2.45, 2.75) is 18.2 Å². The molecule has 0 saturated heterocycles. The lowest BCUT2D eigenvalue weighted by Crippen LogP contribution is -2.02. The Balaban J connectivity index is 2.86. The van der Waals surface area contributed by atoms with Gasteiger partial charge in [-0.3, -0.25) is 0 Å². The Hall–Kier alpha value is -0.470. The summed E-state index contributed by atoms with van der Waals surface area (Å²) in [6.45, 7) is 2.77. The summed E-state index contributed by atoms with van der Waals surface area (Å²) in [5.41, 5.74) is 7.95. The molecular weight excluding hydrogens is 154 g/mol. The molecule has 0 unspecified atom stereocenters. The van der Waals surface area contributed by atoms with Crippen LogP contribution in [-0.2, 0) is 6.42 Å². The van der Waals surface area contributed by atoms with Gasteiger partial charge >= 0.3 is 0 Å². The summed E-state index contributed by atoms with van der Waals surface area (Å²) in [7, 11) is 0. The van der Waals surface area contributed by atoms with Gasteiger partial charge in [-0.05, 0) is 37.1 Å². The van der Waals surface area contributed by atoms with Gasteiger partial charge < -0.3 is 5.73 Å². The molecule has 0 aliphatic heterocycles. The van der Waals surface area contributed by atoms with E-state index in [9.17, 15) is 0 Å². The number of thiol groups is 1. The fourth-order valence-corrected chi connectivity index (χ4v) is 1.18. The SMILES string of the molecule is Cc1cc(CCN)ccc1S. The van der Waals surface area contributed by atoms with Crippen LogP contribution in [0.5, 0.6) is 0 Å². The predicted molar refractivity (Wildman–Crippen MR) is 51.2 cm³/mol. The molecule has 0 aliphatic carbocycles. The van der Waals surface area contributed by atoms with Crippen LogP contribution in [0.1, 0.15) is 11.1 Å². The van der Waals surface area contributed by atoms with Crippen molar-refractivity contribution in [2.75, 3.05) is 6.54 Å². The van der Waals surface area contributed by atoms with Gasteiger partial charge in [0.2, 0.25) is 0 Å². The largest absolute Gasteiger partial charge is 0.330 e. The van der Waals surface area contributed by atoms with Crippen LogP contribution in [0.15, 0.2) is 23.1 Å². The summed E-state index contributed by atoms with van der Waals surface area (Å²) >= 11 is 4.28. The van der Waals surface area contributed by atoms with E-state index in [1.807, 2.05) is 6.07 Å². The second-order valence-corrected chi connectivity index (χ2v) is 3.14. The molecule has 0 heterocycles. The molecule has 1 aromatic carbocycles. The Morgan fingerprint density at radius 1 is 1.45 bits per heavy atom. The zero-order chi connectivity index (χ0) is 8.27. The zero-order valence-electron chi connectivity index (χ0n) is 6.67. The maximum absolute atomic E-state index is 5.43. The van der Waals surface area contributed by atoms with E-state index in [4.69, 9.17) is 5.73 Å². The van der Waals surface area contributed by atoms with Gasteiger partial charge in [0, 0.05) is 4.90 Å². The maximum atomic E-state index is 5.43. The van der Waals surface area contributed by atoms with Gasteiger partial charge in [-0.15, -0.1) is 12.6 Å². The van der Waals surface area contributed by atoms with Crippen molar-refractivity contribution in [3.63, 3.8) is 0 Å². The first-order valence-corrected chi connectivity index (χ1v) is 4.17. The summed E-state index contributed by atoms with van der Waals surface area (Å²) < 4.78 is 0. The van der Waals surface area contributed by atoms with Gasteiger partial charge in [-0.2, -0.15) is 0 Å². The maximum Gasteiger partial charge on any atom is 0.00694 e. The highest BCUT2D eigenvalue weighted by atomic mass is 32.1. The summed E-state index contributed by atoms with van der Waals surface area (Å²) in [4.78, 5) is 1.05. The Bertz CT molecular complexity index is 245. The van der Waals surface area contributed by atoms with Crippen LogP contribution >= 0.6 is 12.6 Å². The summed E-state index contributed by atoms with van der Waals surface area (Å²) in [6, 6.07) is 6.22. The van der Waals surface area contributed by atoms with Crippen molar-refractivity contribution >= 4 is 12.6 Å². The Morgan fingerprint density at radius 2 is 2.18 bits per heavy atom. The van der Waals surface area contributed by atoms with E-state index in [1.165, 1.54) is 11.1 Å². The van der Waals surface area contributed by atoms with Crippen molar-refractivity contribution in [1.82, 2.24) is 0 Å². The highest BCUT2D eigenvalue weighted by molar-refractivity contribution is 7.80. The molecule has 0 bridgehead atoms. The molecule has 0 amide bonds. The van der Waals surface area contributed by atoms with Crippen LogP contribution in [-0.4, -0.2) is 6.54 Å². The molecule has 0 fully saturated rings. The molecule has 0 aliphatic rings. The summed E-state index contributed by atoms with van der Waals surface area (Å²) in [6.07, 6.45) is 0.953. The van der Waals surface area contributed by atoms with Gasteiger partial charge in [0.05, 0.1) is 0 Å². The molecule has 60 valence electrons. The second-order valence-electron chi connectivity index (χ2n) is 2.66. The quantitative estimate of drug-likeness (QED) is 0.645. The first kappa shape index (κ1) is 8.62. The van der Waals surface area contributed by atoms with Crippen LogP contribution in [0.3, 0.4) is 0 Å². The lowest BCUT2D eigenvalue weighted by Gasteiger charge is -2.02. The van der Waals surface area contributed by atoms with Gasteiger partial charge in [-0.25, -0.2) is 0 Å². The van der Waals surface area contributed by atoms with E-state index in [2.05, 4.69) is 31.7 Å². The Labute approximate surface area is 73.0 Å². The third-order valence-electron chi connectivity index (χ3n) is 1.69. The zero-order valence-corrected chi connectivity index (χ0v) is 7.57. The number of nitrogens with two attached hydrogens (primary N) is 1. The molecule has 2 heteroatoms. The van der Waals surface area contributed by atoms with Gasteiger partial charge in [0.25, 0.3) is 0 Å². The Morgan fingerprint density at radius 3 is 2.73 bits per heavy atom. The number of rotatable bonds is 2. The minimum Gasteiger partial charge on any atom is -0.330 e. The van der Waals surface area contributed by atoms with Crippen molar-refractivity contribution in [1.29, 1.82) is 0 Å². The number of hydrogen-bond acceptors (Lipinski definition) is 2. The first-order chi connectivity index (χ1) is 5.24. The molecule has 1 rings (SSSR count). The number of aryl methyl sites for hydroxylation is 1. The molecule has 1 aromatic rings. The highest BCUT2D eigenvalue weighted by Gasteiger charge is 1.94. The van der Waals surface area contributed by atoms with Gasteiger partial charge in [-0.1, -0.05) is 12.1 Å². The monoisotopic (exact) mass is 167 g/mol. The van der Waals surface area contributed by atoms with Crippen LogP contribution in [0.25, 0.3) is 0 Å². The van der Waals surface area contributed by atoms with Crippen molar-refractivity contribution in [3.05, 3.63) is 29.3 Å². The second kappa shape index (κ2) is 3.79. The van der Waals surface area contributed by atoms with Crippen LogP contribution in [0, 0.1) is 6.92 Å². The molecule has 0 saturated carbocycles. The minimum absolute atomic E-state index is 0.714. The summed E-state index contributed by atoms with van der Waals surface area (Å²) in [5, 5.41) is 0. The van der Waals surface area contributed by atoms with Crippen LogP contribution in [0.2, 0.25) is 0 Å². The van der Waals surface area contributed by atoms with Crippen molar-refractivity contribution in [3.8, 4) is 0 Å². The van der Waals surface area contributed by atoms with Crippen molar-refractivity contribution in [2.24, 2.45) is 5.73 Å². The fraction of sp³-hybridized carbons (Fsp3) is 0.333. The molecule has 0 radical (unpaired) electrons. The first-order valence-electron chi connectivity index (χ1n) is 3.72. The topological polar surface area (TPSA) is 26.0 Å². The third-order valence-corrected chi connectivity index (χ3v) is 2.20. The van der Waals surface area contributed by atoms with Gasteiger partial charge in [0.1, 0.15) is 0 Å². The van der Waals surface area contributed by atoms with E-state index in [0.29, 0.717) is 6.54 Å². The minimum atomic E-state index is 0.714. The summed E-state index contributed by atoms with van der Waals surface area (Å²) in [5.74, 6) is 0. The lowest BCUT2D eigenvalue weighted by atomic mass is 10.1. The normalized spacial score (nSPS) is 10.1. The average molecular weight is 167 g/mol.